The van der Waals surface area contributed by atoms with E-state index >= 15 is 0 Å². The molecule has 1 aliphatic heterocycles. The first-order valence-corrected chi connectivity index (χ1v) is 7.09. The van der Waals surface area contributed by atoms with Crippen LogP contribution in [0.15, 0.2) is 0 Å². The number of hydrogen-bond acceptors (Lipinski definition) is 3. The number of carboxylic acid groups (broad SMARTS) is 1. The van der Waals surface area contributed by atoms with Gasteiger partial charge in [0, 0.05) is 13.1 Å². The molecule has 0 radical (unpaired) electrons. The molecule has 1 fully saturated rings. The van der Waals surface area contributed by atoms with Gasteiger partial charge in [0.15, 0.2) is 0 Å². The lowest BCUT2D eigenvalue weighted by atomic mass is 9.87. The molecule has 0 saturated carbocycles. The molecule has 0 aliphatic carbocycles. The molecule has 1 heterocycles. The average Bonchev–Trinajstić information content (AvgIpc) is 2.33. The maximum atomic E-state index is 12.1. The topological polar surface area (TPSA) is 89.9 Å². The number of nitrogens with one attached hydrogen (secondary N) is 1. The highest BCUT2D eigenvalue weighted by molar-refractivity contribution is 5.83. The number of amides is 2. The van der Waals surface area contributed by atoms with Gasteiger partial charge in [-0.2, -0.15) is 0 Å². The minimum Gasteiger partial charge on any atom is -0.480 e. The van der Waals surface area contributed by atoms with Crippen molar-refractivity contribution in [2.45, 2.75) is 52.7 Å². The van der Waals surface area contributed by atoms with Crippen LogP contribution in [-0.2, 0) is 4.79 Å². The summed E-state index contributed by atoms with van der Waals surface area (Å²) in [6, 6.07) is -1.25. The quantitative estimate of drug-likeness (QED) is 0.729. The normalized spacial score (nSPS) is 20.4. The van der Waals surface area contributed by atoms with Gasteiger partial charge in [-0.1, -0.05) is 20.8 Å². The molecule has 116 valence electrons. The van der Waals surface area contributed by atoms with Gasteiger partial charge in [0.05, 0.1) is 6.10 Å². The van der Waals surface area contributed by atoms with E-state index in [1.54, 1.807) is 32.6 Å². The van der Waals surface area contributed by atoms with Crippen LogP contribution in [0.4, 0.5) is 4.79 Å². The molecule has 0 aromatic rings. The number of urea groups is 1. The predicted molar refractivity (Wildman–Crippen MR) is 75.4 cm³/mol. The Labute approximate surface area is 120 Å². The Morgan fingerprint density at radius 3 is 2.10 bits per heavy atom. The summed E-state index contributed by atoms with van der Waals surface area (Å²) >= 11 is 0. The van der Waals surface area contributed by atoms with Gasteiger partial charge in [0.2, 0.25) is 0 Å². The lowest BCUT2D eigenvalue weighted by Crippen LogP contribution is -2.54. The van der Waals surface area contributed by atoms with Crippen LogP contribution in [0.25, 0.3) is 0 Å². The second-order valence-electron chi connectivity index (χ2n) is 6.65. The number of carbonyl (C=O) groups excluding carboxylic acids is 1. The van der Waals surface area contributed by atoms with Gasteiger partial charge in [-0.05, 0) is 31.1 Å². The van der Waals surface area contributed by atoms with Gasteiger partial charge in [-0.15, -0.1) is 0 Å². The van der Waals surface area contributed by atoms with Crippen LogP contribution in [0, 0.1) is 11.3 Å². The Balaban J connectivity index is 2.57. The first kappa shape index (κ1) is 16.8. The van der Waals surface area contributed by atoms with E-state index in [-0.39, 0.29) is 18.1 Å². The molecule has 6 heteroatoms. The van der Waals surface area contributed by atoms with Gasteiger partial charge in [0.1, 0.15) is 6.04 Å². The molecule has 1 aliphatic rings. The molecular weight excluding hydrogens is 260 g/mol. The Hall–Kier alpha value is -1.30. The van der Waals surface area contributed by atoms with Crippen LogP contribution >= 0.6 is 0 Å². The van der Waals surface area contributed by atoms with Crippen LogP contribution < -0.4 is 5.32 Å². The van der Waals surface area contributed by atoms with Gasteiger partial charge in [-0.3, -0.25) is 0 Å². The number of aliphatic hydroxyl groups excluding tert-OH is 1. The minimum atomic E-state index is -1.02. The van der Waals surface area contributed by atoms with Crippen molar-refractivity contribution in [1.82, 2.24) is 10.2 Å². The van der Waals surface area contributed by atoms with Crippen molar-refractivity contribution in [2.24, 2.45) is 11.3 Å². The fourth-order valence-corrected chi connectivity index (χ4v) is 2.45. The second-order valence-corrected chi connectivity index (χ2v) is 6.65. The van der Waals surface area contributed by atoms with Crippen LogP contribution in [0.5, 0.6) is 0 Å². The van der Waals surface area contributed by atoms with Gasteiger partial charge in [0.25, 0.3) is 0 Å². The summed E-state index contributed by atoms with van der Waals surface area (Å²) in [5.41, 5.74) is -0.542. The Kier molecular flexibility index (Phi) is 5.39. The molecule has 2 atom stereocenters. The minimum absolute atomic E-state index is 0.219. The number of hydrogen-bond donors (Lipinski definition) is 3. The van der Waals surface area contributed by atoms with Gasteiger partial charge in [-0.25, -0.2) is 9.59 Å². The number of rotatable bonds is 3. The zero-order valence-corrected chi connectivity index (χ0v) is 12.7. The fourth-order valence-electron chi connectivity index (χ4n) is 2.45. The maximum Gasteiger partial charge on any atom is 0.326 e. The van der Waals surface area contributed by atoms with Crippen molar-refractivity contribution < 1.29 is 19.8 Å². The highest BCUT2D eigenvalue weighted by Gasteiger charge is 2.34. The summed E-state index contributed by atoms with van der Waals surface area (Å²) in [7, 11) is 0. The lowest BCUT2D eigenvalue weighted by Gasteiger charge is -2.35. The Bertz CT molecular complexity index is 355. The van der Waals surface area contributed by atoms with Gasteiger partial charge >= 0.3 is 12.0 Å². The summed E-state index contributed by atoms with van der Waals surface area (Å²) in [5, 5.41) is 21.3. The Morgan fingerprint density at radius 2 is 1.75 bits per heavy atom. The van der Waals surface area contributed by atoms with E-state index in [0.717, 1.165) is 12.8 Å². The molecule has 6 nitrogen and oxygen atoms in total. The van der Waals surface area contributed by atoms with Crippen molar-refractivity contribution in [3.05, 3.63) is 0 Å². The largest absolute Gasteiger partial charge is 0.480 e. The van der Waals surface area contributed by atoms with E-state index in [4.69, 9.17) is 0 Å². The summed E-state index contributed by atoms with van der Waals surface area (Å²) in [5.74, 6) is -0.804. The Morgan fingerprint density at radius 1 is 1.25 bits per heavy atom. The molecule has 2 amide bonds. The molecule has 0 aromatic carbocycles. The third-order valence-corrected chi connectivity index (χ3v) is 3.89. The maximum absolute atomic E-state index is 12.1. The van der Waals surface area contributed by atoms with E-state index in [1.807, 2.05) is 0 Å². The number of nitrogens with zero attached hydrogens (tertiary/aromatic N) is 1. The fraction of sp³-hybridized carbons (Fsp3) is 0.857. The summed E-state index contributed by atoms with van der Waals surface area (Å²) in [6.07, 6.45) is 1.14. The zero-order valence-electron chi connectivity index (χ0n) is 12.7. The molecule has 20 heavy (non-hydrogen) atoms. The standard InChI is InChI=1S/C14H26N2O4/c1-9(17)10-5-7-16(8-6-10)13(20)15-11(12(18)19)14(2,3)4/h9-11,17H,5-8H2,1-4H3,(H,15,20)(H,18,19). The van der Waals surface area contributed by atoms with E-state index in [2.05, 4.69) is 5.32 Å². The predicted octanol–water partition coefficient (Wildman–Crippen LogP) is 1.29. The van der Waals surface area contributed by atoms with E-state index in [0.29, 0.717) is 13.1 Å². The lowest BCUT2D eigenvalue weighted by molar-refractivity contribution is -0.142. The van der Waals surface area contributed by atoms with Crippen LogP contribution in [-0.4, -0.2) is 52.3 Å². The number of aliphatic hydroxyl groups is 1. The third kappa shape index (κ3) is 4.37. The van der Waals surface area contributed by atoms with Crippen LogP contribution in [0.3, 0.4) is 0 Å². The summed E-state index contributed by atoms with van der Waals surface area (Å²) < 4.78 is 0. The van der Waals surface area contributed by atoms with E-state index in [9.17, 15) is 19.8 Å². The molecule has 0 bridgehead atoms. The molecule has 1 saturated heterocycles. The molecule has 2 unspecified atom stereocenters. The van der Waals surface area contributed by atoms with E-state index < -0.39 is 17.4 Å². The number of carbonyl (C=O) groups is 2. The number of piperidine rings is 1. The summed E-state index contributed by atoms with van der Waals surface area (Å²) in [4.78, 5) is 25.0. The van der Waals surface area contributed by atoms with Crippen molar-refractivity contribution in [1.29, 1.82) is 0 Å². The number of aliphatic carboxylic acids is 1. The van der Waals surface area contributed by atoms with Crippen molar-refractivity contribution in [3.8, 4) is 0 Å². The third-order valence-electron chi connectivity index (χ3n) is 3.89. The van der Waals surface area contributed by atoms with Crippen molar-refractivity contribution >= 4 is 12.0 Å². The number of likely N-dealkylation sites (tertiary alicyclic amines) is 1. The summed E-state index contributed by atoms with van der Waals surface area (Å²) in [6.45, 7) is 8.22. The monoisotopic (exact) mass is 286 g/mol. The number of carboxylic acids is 1. The molecule has 0 aromatic heterocycles. The van der Waals surface area contributed by atoms with E-state index in [1.165, 1.54) is 0 Å². The first-order valence-electron chi connectivity index (χ1n) is 7.09. The molecular formula is C14H26N2O4. The first-order chi connectivity index (χ1) is 9.12. The smallest absolute Gasteiger partial charge is 0.326 e. The van der Waals surface area contributed by atoms with Crippen LogP contribution in [0.2, 0.25) is 0 Å². The highest BCUT2D eigenvalue weighted by atomic mass is 16.4. The molecule has 1 rings (SSSR count). The van der Waals surface area contributed by atoms with Gasteiger partial charge < -0.3 is 20.4 Å². The molecule has 3 N–H and O–H groups in total. The second kappa shape index (κ2) is 6.43. The highest BCUT2D eigenvalue weighted by Crippen LogP contribution is 2.22. The van der Waals surface area contributed by atoms with Crippen molar-refractivity contribution in [2.75, 3.05) is 13.1 Å². The average molecular weight is 286 g/mol. The zero-order chi connectivity index (χ0) is 15.5. The SMILES string of the molecule is CC(O)C1CCN(C(=O)NC(C(=O)O)C(C)(C)C)CC1. The molecule has 0 spiro atoms. The van der Waals surface area contributed by atoms with Crippen LogP contribution in [0.1, 0.15) is 40.5 Å². The van der Waals surface area contributed by atoms with Crippen molar-refractivity contribution in [3.63, 3.8) is 0 Å².